The number of hydrogen-bond donors (Lipinski definition) is 1. The fourth-order valence-corrected chi connectivity index (χ4v) is 5.40. The lowest BCUT2D eigenvalue weighted by Crippen LogP contribution is -2.40. The molecule has 1 aromatic carbocycles. The van der Waals surface area contributed by atoms with Crippen LogP contribution in [0.1, 0.15) is 82.8 Å². The number of hydrogen-bond acceptors (Lipinski definition) is 5. The molecule has 1 unspecified atom stereocenters. The summed E-state index contributed by atoms with van der Waals surface area (Å²) in [6, 6.07) is 7.06. The number of carbonyl (C=O) groups is 1. The summed E-state index contributed by atoms with van der Waals surface area (Å²) < 4.78 is 25.9. The quantitative estimate of drug-likeness (QED) is 0.514. The molecule has 3 aliphatic rings. The minimum absolute atomic E-state index is 0.0569. The number of carbonyl (C=O) groups excluding carboxylic acids is 1. The second-order valence-corrected chi connectivity index (χ2v) is 9.96. The van der Waals surface area contributed by atoms with Gasteiger partial charge in [-0.3, -0.25) is 0 Å². The molecule has 0 saturated heterocycles. The first kappa shape index (κ1) is 23.3. The summed E-state index contributed by atoms with van der Waals surface area (Å²) in [5.41, 5.74) is -1.30. The van der Waals surface area contributed by atoms with Crippen LogP contribution in [0, 0.1) is 34.9 Å². The van der Waals surface area contributed by atoms with Crippen LogP contribution < -0.4 is 0 Å². The van der Waals surface area contributed by atoms with Gasteiger partial charge in [0.05, 0.1) is 17.6 Å². The van der Waals surface area contributed by atoms with E-state index in [0.29, 0.717) is 29.7 Å². The lowest BCUT2D eigenvalue weighted by atomic mass is 9.79. The van der Waals surface area contributed by atoms with E-state index in [1.165, 1.54) is 12.1 Å². The zero-order chi connectivity index (χ0) is 23.7. The first-order chi connectivity index (χ1) is 15.6. The van der Waals surface area contributed by atoms with E-state index in [1.807, 2.05) is 0 Å². The third-order valence-electron chi connectivity index (χ3n) is 7.06. The van der Waals surface area contributed by atoms with Crippen LogP contribution in [-0.2, 0) is 19.7 Å². The summed E-state index contributed by atoms with van der Waals surface area (Å²) in [4.78, 5) is 11.9. The van der Waals surface area contributed by atoms with Crippen molar-refractivity contribution in [2.75, 3.05) is 0 Å². The van der Waals surface area contributed by atoms with Gasteiger partial charge in [0.15, 0.2) is 0 Å². The van der Waals surface area contributed by atoms with Crippen LogP contribution in [0.15, 0.2) is 30.0 Å². The van der Waals surface area contributed by atoms with Crippen molar-refractivity contribution >= 4 is 5.97 Å². The van der Waals surface area contributed by atoms with Crippen molar-refractivity contribution in [3.05, 3.63) is 47.0 Å². The number of halogens is 1. The monoisotopic (exact) mass is 451 g/mol. The van der Waals surface area contributed by atoms with Gasteiger partial charge in [-0.05, 0) is 43.7 Å². The maximum Gasteiger partial charge on any atom is 0.337 e. The highest BCUT2D eigenvalue weighted by Gasteiger charge is 2.41. The van der Waals surface area contributed by atoms with Gasteiger partial charge in [-0.25, -0.2) is 9.18 Å². The van der Waals surface area contributed by atoms with Crippen LogP contribution in [0.3, 0.4) is 0 Å². The second-order valence-electron chi connectivity index (χ2n) is 9.96. The molecule has 2 aliphatic carbocycles. The van der Waals surface area contributed by atoms with Gasteiger partial charge in [0.2, 0.25) is 5.79 Å². The summed E-state index contributed by atoms with van der Waals surface area (Å²) in [6.07, 6.45) is 8.14. The molecule has 2 fully saturated rings. The highest BCUT2D eigenvalue weighted by atomic mass is 19.1. The Morgan fingerprint density at radius 2 is 1.88 bits per heavy atom. The normalized spacial score (nSPS) is 23.4. The SMILES string of the molecule is CC1(C)OC(=O)C=C(CC(O)(C#Cc2ccc(C3(C#N)CCCC3)c(F)c2)C2CCCC2)O1. The molecule has 0 radical (unpaired) electrons. The molecule has 1 aliphatic heterocycles. The van der Waals surface area contributed by atoms with Crippen molar-refractivity contribution in [3.63, 3.8) is 0 Å². The number of ether oxygens (including phenoxy) is 2. The van der Waals surface area contributed by atoms with Crippen molar-refractivity contribution in [2.45, 2.75) is 88.4 Å². The molecule has 0 aromatic heterocycles. The molecule has 1 atom stereocenters. The molecule has 0 spiro atoms. The highest BCUT2D eigenvalue weighted by Crippen LogP contribution is 2.42. The maximum absolute atomic E-state index is 15.0. The van der Waals surface area contributed by atoms with Crippen molar-refractivity contribution in [1.29, 1.82) is 5.26 Å². The summed E-state index contributed by atoms with van der Waals surface area (Å²) in [6.45, 7) is 3.28. The van der Waals surface area contributed by atoms with Crippen molar-refractivity contribution in [3.8, 4) is 17.9 Å². The predicted octanol–water partition coefficient (Wildman–Crippen LogP) is 5.02. The zero-order valence-corrected chi connectivity index (χ0v) is 19.2. The Hall–Kier alpha value is -2.83. The Bertz CT molecular complexity index is 1060. The van der Waals surface area contributed by atoms with E-state index in [2.05, 4.69) is 17.9 Å². The Labute approximate surface area is 194 Å². The molecular formula is C27H30FNO4. The van der Waals surface area contributed by atoms with Gasteiger partial charge in [-0.15, -0.1) is 0 Å². The summed E-state index contributed by atoms with van der Waals surface area (Å²) in [7, 11) is 0. The number of benzene rings is 1. The van der Waals surface area contributed by atoms with Gasteiger partial charge < -0.3 is 14.6 Å². The molecule has 1 heterocycles. The first-order valence-electron chi connectivity index (χ1n) is 11.7. The Morgan fingerprint density at radius 1 is 1.18 bits per heavy atom. The van der Waals surface area contributed by atoms with E-state index in [-0.39, 0.29) is 12.3 Å². The van der Waals surface area contributed by atoms with E-state index in [1.54, 1.807) is 26.0 Å². The number of aliphatic hydroxyl groups is 1. The summed E-state index contributed by atoms with van der Waals surface area (Å²) in [5.74, 6) is 4.14. The average molecular weight is 452 g/mol. The van der Waals surface area contributed by atoms with Crippen molar-refractivity contribution in [2.24, 2.45) is 5.92 Å². The Kier molecular flexibility index (Phi) is 6.25. The standard InChI is InChI=1S/C27H30FNO4/c1-25(2)32-21(16-24(30)33-25)17-27(31,20-7-3-4-8-20)14-11-19-9-10-22(23(28)15-19)26(18-29)12-5-6-13-26/h9-10,15-16,20,31H,3-8,12-13,17H2,1-2H3. The molecule has 1 N–H and O–H groups in total. The molecular weight excluding hydrogens is 421 g/mol. The summed E-state index contributed by atoms with van der Waals surface area (Å²) >= 11 is 0. The predicted molar refractivity (Wildman–Crippen MR) is 120 cm³/mol. The van der Waals surface area contributed by atoms with E-state index in [4.69, 9.17) is 9.47 Å². The molecule has 174 valence electrons. The third-order valence-corrected chi connectivity index (χ3v) is 7.06. The highest BCUT2D eigenvalue weighted by molar-refractivity contribution is 5.83. The molecule has 0 bridgehead atoms. The van der Waals surface area contributed by atoms with Crippen LogP contribution in [0.5, 0.6) is 0 Å². The molecule has 6 heteroatoms. The third kappa shape index (κ3) is 4.92. The number of rotatable bonds is 4. The molecule has 4 rings (SSSR count). The van der Waals surface area contributed by atoms with E-state index in [9.17, 15) is 19.6 Å². The fourth-order valence-electron chi connectivity index (χ4n) is 5.40. The molecule has 2 saturated carbocycles. The second kappa shape index (κ2) is 8.84. The Balaban J connectivity index is 1.62. The van der Waals surface area contributed by atoms with Gasteiger partial charge in [0, 0.05) is 31.4 Å². The number of nitrogens with zero attached hydrogens (tertiary/aromatic N) is 1. The van der Waals surface area contributed by atoms with Gasteiger partial charge in [0.1, 0.15) is 17.2 Å². The lowest BCUT2D eigenvalue weighted by molar-refractivity contribution is -0.207. The van der Waals surface area contributed by atoms with E-state index >= 15 is 0 Å². The van der Waals surface area contributed by atoms with Gasteiger partial charge in [-0.2, -0.15) is 5.26 Å². The largest absolute Gasteiger partial charge is 0.457 e. The van der Waals surface area contributed by atoms with Gasteiger partial charge in [0.25, 0.3) is 0 Å². The molecule has 5 nitrogen and oxygen atoms in total. The van der Waals surface area contributed by atoms with Crippen LogP contribution in [0.25, 0.3) is 0 Å². The van der Waals surface area contributed by atoms with Crippen LogP contribution in [0.4, 0.5) is 4.39 Å². The summed E-state index contributed by atoms with van der Waals surface area (Å²) in [5, 5.41) is 21.3. The van der Waals surface area contributed by atoms with Crippen LogP contribution in [0.2, 0.25) is 0 Å². The topological polar surface area (TPSA) is 79.5 Å². The van der Waals surface area contributed by atoms with Crippen LogP contribution >= 0.6 is 0 Å². The van der Waals surface area contributed by atoms with Crippen LogP contribution in [-0.4, -0.2) is 22.5 Å². The Morgan fingerprint density at radius 3 is 2.48 bits per heavy atom. The number of cyclic esters (lactones) is 1. The van der Waals surface area contributed by atoms with Crippen molar-refractivity contribution in [1.82, 2.24) is 0 Å². The van der Waals surface area contributed by atoms with Crippen molar-refractivity contribution < 1.29 is 23.8 Å². The smallest absolute Gasteiger partial charge is 0.337 e. The minimum Gasteiger partial charge on any atom is -0.457 e. The first-order valence-corrected chi connectivity index (χ1v) is 11.7. The molecule has 0 amide bonds. The van der Waals surface area contributed by atoms with Gasteiger partial charge >= 0.3 is 5.97 Å². The average Bonchev–Trinajstić information content (AvgIpc) is 3.44. The fraction of sp³-hybridized carbons (Fsp3) is 0.556. The van der Waals surface area contributed by atoms with E-state index in [0.717, 1.165) is 38.5 Å². The number of nitriles is 1. The lowest BCUT2D eigenvalue weighted by Gasteiger charge is -2.35. The maximum atomic E-state index is 15.0. The molecule has 1 aromatic rings. The zero-order valence-electron chi connectivity index (χ0n) is 19.2. The molecule has 33 heavy (non-hydrogen) atoms. The minimum atomic E-state index is -1.41. The number of esters is 1. The van der Waals surface area contributed by atoms with E-state index < -0.39 is 28.6 Å². The van der Waals surface area contributed by atoms with Gasteiger partial charge in [-0.1, -0.05) is 43.6 Å².